The van der Waals surface area contributed by atoms with Crippen LogP contribution in [0.3, 0.4) is 0 Å². The fourth-order valence-electron chi connectivity index (χ4n) is 3.34. The van der Waals surface area contributed by atoms with Gasteiger partial charge in [-0.3, -0.25) is 4.99 Å². The van der Waals surface area contributed by atoms with Gasteiger partial charge in [-0.05, 0) is 79.6 Å². The largest absolute Gasteiger partial charge is 0.497 e. The molecule has 7 nitrogen and oxygen atoms in total. The lowest BCUT2D eigenvalue weighted by Crippen LogP contribution is -2.26. The number of hydrogen-bond donors (Lipinski definition) is 3. The van der Waals surface area contributed by atoms with Crippen LogP contribution in [0.5, 0.6) is 11.5 Å². The minimum absolute atomic E-state index is 0.301. The van der Waals surface area contributed by atoms with Crippen LogP contribution in [-0.4, -0.2) is 43.8 Å². The Kier molecular flexibility index (Phi) is 9.02. The zero-order valence-electron chi connectivity index (χ0n) is 20.2. The van der Waals surface area contributed by atoms with Gasteiger partial charge in [-0.2, -0.15) is 0 Å². The standard InChI is InChI=1S/C27H29N3O4S2/c1-33-19-5-9-21(10-6-19)35-23-13-14-25(36-22-11-7-20(34-2)8-12-22)24(17-23)30-26(29-18-3-4-18)15-16-28-27(31)32/h5-14,17-18,28H,3-4,15-16H2,1-2H3,(H,29,30)(H,31,32). The summed E-state index contributed by atoms with van der Waals surface area (Å²) in [6, 6.07) is 22.6. The van der Waals surface area contributed by atoms with Crippen LogP contribution in [0.1, 0.15) is 19.3 Å². The summed E-state index contributed by atoms with van der Waals surface area (Å²) in [5.74, 6) is 2.42. The zero-order valence-corrected chi connectivity index (χ0v) is 21.8. The van der Waals surface area contributed by atoms with E-state index in [9.17, 15) is 4.79 Å². The molecule has 0 radical (unpaired) electrons. The van der Waals surface area contributed by atoms with Crippen LogP contribution in [0, 0.1) is 0 Å². The molecule has 36 heavy (non-hydrogen) atoms. The molecule has 9 heteroatoms. The third-order valence-corrected chi connectivity index (χ3v) is 7.42. The predicted molar refractivity (Wildman–Crippen MR) is 145 cm³/mol. The first-order chi connectivity index (χ1) is 17.5. The topological polar surface area (TPSA) is 92.2 Å². The van der Waals surface area contributed by atoms with Gasteiger partial charge < -0.3 is 25.2 Å². The summed E-state index contributed by atoms with van der Waals surface area (Å²) in [7, 11) is 3.31. The average molecular weight is 524 g/mol. The molecule has 1 saturated carbocycles. The Labute approximate surface area is 219 Å². The number of nitrogens with one attached hydrogen (secondary N) is 2. The van der Waals surface area contributed by atoms with Gasteiger partial charge in [-0.25, -0.2) is 4.79 Å². The van der Waals surface area contributed by atoms with Crippen molar-refractivity contribution in [1.82, 2.24) is 5.32 Å². The van der Waals surface area contributed by atoms with Crippen molar-refractivity contribution >= 4 is 41.1 Å². The zero-order chi connectivity index (χ0) is 25.3. The molecular weight excluding hydrogens is 494 g/mol. The molecule has 0 saturated heterocycles. The third kappa shape index (κ3) is 7.86. The van der Waals surface area contributed by atoms with Crippen LogP contribution in [0.2, 0.25) is 0 Å². The number of carbonyl (C=O) groups is 1. The van der Waals surface area contributed by atoms with Crippen LogP contribution in [0.25, 0.3) is 0 Å². The van der Waals surface area contributed by atoms with Crippen molar-refractivity contribution in [2.24, 2.45) is 4.99 Å². The first-order valence-corrected chi connectivity index (χ1v) is 13.2. The van der Waals surface area contributed by atoms with Crippen molar-refractivity contribution in [1.29, 1.82) is 0 Å². The quantitative estimate of drug-likeness (QED) is 0.192. The molecule has 1 aliphatic rings. The molecule has 0 heterocycles. The number of carboxylic acid groups (broad SMARTS) is 1. The molecule has 3 N–H and O–H groups in total. The lowest BCUT2D eigenvalue weighted by atomic mass is 10.3. The van der Waals surface area contributed by atoms with E-state index in [0.29, 0.717) is 19.0 Å². The predicted octanol–water partition coefficient (Wildman–Crippen LogP) is 6.64. The van der Waals surface area contributed by atoms with E-state index in [1.54, 1.807) is 37.7 Å². The number of amidine groups is 1. The number of methoxy groups -OCH3 is 2. The minimum Gasteiger partial charge on any atom is -0.497 e. The molecule has 0 spiro atoms. The second kappa shape index (κ2) is 12.6. The van der Waals surface area contributed by atoms with Crippen LogP contribution >= 0.6 is 23.5 Å². The van der Waals surface area contributed by atoms with E-state index in [1.165, 1.54) is 0 Å². The second-order valence-corrected chi connectivity index (χ2v) is 10.4. The molecule has 0 atom stereocenters. The molecule has 1 amide bonds. The fourth-order valence-corrected chi connectivity index (χ4v) is 5.08. The maximum atomic E-state index is 10.9. The molecule has 0 aromatic heterocycles. The van der Waals surface area contributed by atoms with Gasteiger partial charge in [-0.15, -0.1) is 0 Å². The van der Waals surface area contributed by atoms with E-state index < -0.39 is 6.09 Å². The van der Waals surface area contributed by atoms with Gasteiger partial charge in [0, 0.05) is 32.5 Å². The summed E-state index contributed by atoms with van der Waals surface area (Å²) in [5, 5.41) is 14.9. The highest BCUT2D eigenvalue weighted by Gasteiger charge is 2.21. The Bertz CT molecular complexity index is 1200. The number of benzene rings is 3. The van der Waals surface area contributed by atoms with Crippen LogP contribution in [0.15, 0.2) is 91.3 Å². The molecule has 0 aliphatic heterocycles. The minimum atomic E-state index is -1.03. The Morgan fingerprint density at radius 1 is 0.917 bits per heavy atom. The highest BCUT2D eigenvalue weighted by Crippen LogP contribution is 2.39. The molecule has 0 bridgehead atoms. The van der Waals surface area contributed by atoms with Crippen LogP contribution in [-0.2, 0) is 0 Å². The van der Waals surface area contributed by atoms with Gasteiger partial charge in [0.2, 0.25) is 0 Å². The molecule has 3 aromatic carbocycles. The summed E-state index contributed by atoms with van der Waals surface area (Å²) < 4.78 is 10.6. The molecule has 0 unspecified atom stereocenters. The van der Waals surface area contributed by atoms with Crippen molar-refractivity contribution in [3.05, 3.63) is 66.7 Å². The van der Waals surface area contributed by atoms with Gasteiger partial charge in [0.15, 0.2) is 0 Å². The fraction of sp³-hybridized carbons (Fsp3) is 0.259. The molecular formula is C27H29N3O4S2. The van der Waals surface area contributed by atoms with Crippen LogP contribution in [0.4, 0.5) is 10.5 Å². The maximum Gasteiger partial charge on any atom is 0.404 e. The number of amides is 1. The Morgan fingerprint density at radius 2 is 1.50 bits per heavy atom. The summed E-state index contributed by atoms with van der Waals surface area (Å²) in [4.78, 5) is 20.1. The second-order valence-electron chi connectivity index (χ2n) is 8.13. The summed E-state index contributed by atoms with van der Waals surface area (Å²) in [6.45, 7) is 0.301. The number of rotatable bonds is 11. The maximum absolute atomic E-state index is 10.9. The monoisotopic (exact) mass is 523 g/mol. The first kappa shape index (κ1) is 25.8. The SMILES string of the molecule is COc1ccc(Sc2ccc(Sc3ccc(OC)cc3)c(NC(CCNC(=O)O)=NC3CC3)c2)cc1. The molecule has 188 valence electrons. The van der Waals surface area contributed by atoms with E-state index in [0.717, 1.165) is 55.4 Å². The highest BCUT2D eigenvalue weighted by atomic mass is 32.2. The van der Waals surface area contributed by atoms with Crippen LogP contribution < -0.4 is 20.1 Å². The number of nitrogens with zero attached hydrogens (tertiary/aromatic N) is 1. The van der Waals surface area contributed by atoms with E-state index in [-0.39, 0.29) is 0 Å². The Balaban J connectivity index is 1.59. The molecule has 4 rings (SSSR count). The highest BCUT2D eigenvalue weighted by molar-refractivity contribution is 8.00. The van der Waals surface area contributed by atoms with E-state index >= 15 is 0 Å². The third-order valence-electron chi connectivity index (χ3n) is 5.34. The first-order valence-electron chi connectivity index (χ1n) is 11.6. The Morgan fingerprint density at radius 3 is 2.06 bits per heavy atom. The van der Waals surface area contributed by atoms with Crippen molar-refractivity contribution in [3.8, 4) is 11.5 Å². The number of aliphatic imine (C=N–C) groups is 1. The van der Waals surface area contributed by atoms with E-state index in [1.807, 2.05) is 48.5 Å². The van der Waals surface area contributed by atoms with Gasteiger partial charge in [0.1, 0.15) is 17.3 Å². The van der Waals surface area contributed by atoms with Crippen molar-refractivity contribution in [2.45, 2.75) is 44.9 Å². The van der Waals surface area contributed by atoms with Gasteiger partial charge in [0.25, 0.3) is 0 Å². The number of hydrogen-bond acceptors (Lipinski definition) is 6. The Hall–Kier alpha value is -3.30. The van der Waals surface area contributed by atoms with Gasteiger partial charge >= 0.3 is 6.09 Å². The van der Waals surface area contributed by atoms with Gasteiger partial charge in [-0.1, -0.05) is 23.5 Å². The summed E-state index contributed by atoms with van der Waals surface area (Å²) in [5.41, 5.74) is 0.934. The van der Waals surface area contributed by atoms with E-state index in [4.69, 9.17) is 19.6 Å². The summed E-state index contributed by atoms with van der Waals surface area (Å²) in [6.07, 6.45) is 1.59. The lowest BCUT2D eigenvalue weighted by Gasteiger charge is -2.16. The average Bonchev–Trinajstić information content (AvgIpc) is 3.70. The van der Waals surface area contributed by atoms with Crippen molar-refractivity contribution in [3.63, 3.8) is 0 Å². The van der Waals surface area contributed by atoms with E-state index in [2.05, 4.69) is 28.8 Å². The van der Waals surface area contributed by atoms with Crippen molar-refractivity contribution in [2.75, 3.05) is 26.1 Å². The smallest absolute Gasteiger partial charge is 0.404 e. The molecule has 1 fully saturated rings. The van der Waals surface area contributed by atoms with Gasteiger partial charge in [0.05, 0.1) is 25.9 Å². The molecule has 1 aliphatic carbocycles. The van der Waals surface area contributed by atoms with Crippen molar-refractivity contribution < 1.29 is 19.4 Å². The normalized spacial score (nSPS) is 13.2. The summed E-state index contributed by atoms with van der Waals surface area (Å²) >= 11 is 3.31. The lowest BCUT2D eigenvalue weighted by molar-refractivity contribution is 0.195. The number of ether oxygens (including phenoxy) is 2. The number of anilines is 1. The molecule has 3 aromatic rings.